The van der Waals surface area contributed by atoms with Crippen LogP contribution in [-0.2, 0) is 31.5 Å². The molecular formula is C28H42O4S. The maximum absolute atomic E-state index is 14.4. The van der Waals surface area contributed by atoms with Gasteiger partial charge in [0.15, 0.2) is 0 Å². The van der Waals surface area contributed by atoms with E-state index in [2.05, 4.69) is 0 Å². The van der Waals surface area contributed by atoms with Gasteiger partial charge in [-0.25, -0.2) is 8.42 Å². The van der Waals surface area contributed by atoms with E-state index < -0.39 is 31.5 Å². The van der Waals surface area contributed by atoms with Gasteiger partial charge in [0.2, 0.25) is 9.84 Å². The molecule has 4 nitrogen and oxygen atoms in total. The highest BCUT2D eigenvalue weighted by Crippen LogP contribution is 2.47. The Morgan fingerprint density at radius 1 is 0.485 bits per heavy atom. The molecule has 0 atom stereocenters. The summed E-state index contributed by atoms with van der Waals surface area (Å²) in [5.74, 6) is 0.201. The Morgan fingerprint density at radius 3 is 0.939 bits per heavy atom. The van der Waals surface area contributed by atoms with Gasteiger partial charge < -0.3 is 10.2 Å². The first-order valence-electron chi connectivity index (χ1n) is 11.5. The van der Waals surface area contributed by atoms with E-state index in [1.807, 2.05) is 83.1 Å². The Balaban J connectivity index is 3.14. The summed E-state index contributed by atoms with van der Waals surface area (Å²) in [4.78, 5) is 0.405. The minimum Gasteiger partial charge on any atom is -0.508 e. The van der Waals surface area contributed by atoms with Crippen LogP contribution in [0.4, 0.5) is 0 Å². The zero-order valence-corrected chi connectivity index (χ0v) is 23.2. The van der Waals surface area contributed by atoms with Crippen LogP contribution >= 0.6 is 0 Å². The van der Waals surface area contributed by atoms with Crippen molar-refractivity contribution in [3.8, 4) is 11.5 Å². The first-order chi connectivity index (χ1) is 14.5. The molecule has 184 valence electrons. The van der Waals surface area contributed by atoms with Crippen LogP contribution in [-0.4, -0.2) is 18.6 Å². The molecule has 0 saturated heterocycles. The molecule has 0 aromatic heterocycles. The Hall–Kier alpha value is -2.01. The summed E-state index contributed by atoms with van der Waals surface area (Å²) in [5, 5.41) is 21.6. The highest BCUT2D eigenvalue weighted by atomic mass is 32.2. The summed E-state index contributed by atoms with van der Waals surface area (Å²) in [5.41, 5.74) is 0.546. The van der Waals surface area contributed by atoms with Crippen molar-refractivity contribution in [1.82, 2.24) is 0 Å². The third kappa shape index (κ3) is 5.08. The first kappa shape index (κ1) is 27.2. The second kappa shape index (κ2) is 8.04. The number of aromatic hydroxyl groups is 2. The SMILES string of the molecule is CC(C)(C)c1c(O)ccc(S(=O)(=O)c2ccc(O)c(C(C)(C)C)c2C(C)(C)C)c1C(C)(C)C. The normalized spacial score (nSPS) is 13.9. The van der Waals surface area contributed by atoms with Gasteiger partial charge in [-0.1, -0.05) is 83.1 Å². The molecule has 0 unspecified atom stereocenters. The third-order valence-corrected chi connectivity index (χ3v) is 7.71. The van der Waals surface area contributed by atoms with Crippen LogP contribution in [0.15, 0.2) is 34.1 Å². The van der Waals surface area contributed by atoms with Gasteiger partial charge in [-0.3, -0.25) is 0 Å². The standard InChI is InChI=1S/C28H42O4S/c1-25(2,3)21-17(29)13-15-19(23(21)27(7,8)9)33(31,32)20-16-14-18(30)22(26(4,5)6)24(20)28(10,11)12/h13-16,29-30H,1-12H3. The fourth-order valence-corrected chi connectivity index (χ4v) is 6.80. The summed E-state index contributed by atoms with van der Waals surface area (Å²) in [6.45, 7) is 23.7. The average molecular weight is 475 g/mol. The average Bonchev–Trinajstić information content (AvgIpc) is 2.56. The van der Waals surface area contributed by atoms with Crippen LogP contribution in [0.25, 0.3) is 0 Å². The van der Waals surface area contributed by atoms with E-state index >= 15 is 0 Å². The van der Waals surface area contributed by atoms with Gasteiger partial charge in [0, 0.05) is 11.1 Å². The van der Waals surface area contributed by atoms with Gasteiger partial charge in [-0.2, -0.15) is 0 Å². The maximum Gasteiger partial charge on any atom is 0.207 e. The Bertz CT molecular complexity index is 1070. The zero-order chi connectivity index (χ0) is 25.9. The quantitative estimate of drug-likeness (QED) is 0.486. The Labute approximate surface area is 201 Å². The number of hydrogen-bond donors (Lipinski definition) is 2. The lowest BCUT2D eigenvalue weighted by Crippen LogP contribution is -2.28. The molecule has 2 aromatic carbocycles. The predicted octanol–water partition coefficient (Wildman–Crippen LogP) is 7.12. The summed E-state index contributed by atoms with van der Waals surface area (Å²) >= 11 is 0. The zero-order valence-electron chi connectivity index (χ0n) is 22.4. The number of sulfone groups is 1. The van der Waals surface area contributed by atoms with E-state index in [0.29, 0.717) is 22.3 Å². The summed E-state index contributed by atoms with van der Waals surface area (Å²) in [6.07, 6.45) is 0. The Morgan fingerprint density at radius 2 is 0.727 bits per heavy atom. The van der Waals surface area contributed by atoms with Crippen LogP contribution in [0.1, 0.15) is 105 Å². The predicted molar refractivity (Wildman–Crippen MR) is 136 cm³/mol. The number of rotatable bonds is 2. The molecule has 0 radical (unpaired) electrons. The van der Waals surface area contributed by atoms with Crippen molar-refractivity contribution in [3.05, 3.63) is 46.5 Å². The maximum atomic E-state index is 14.4. The topological polar surface area (TPSA) is 74.6 Å². The van der Waals surface area contributed by atoms with Gasteiger partial charge in [0.25, 0.3) is 0 Å². The summed E-state index contributed by atoms with van der Waals surface area (Å²) in [7, 11) is -3.99. The monoisotopic (exact) mass is 474 g/mol. The second-order valence-corrected chi connectivity index (χ2v) is 15.1. The molecule has 2 aromatic rings. The van der Waals surface area contributed by atoms with Crippen molar-refractivity contribution < 1.29 is 18.6 Å². The van der Waals surface area contributed by atoms with Crippen LogP contribution in [0.5, 0.6) is 11.5 Å². The number of hydrogen-bond acceptors (Lipinski definition) is 4. The molecule has 2 rings (SSSR count). The molecule has 0 amide bonds. The number of phenolic OH excluding ortho intramolecular Hbond substituents is 2. The Kier molecular flexibility index (Phi) is 6.64. The van der Waals surface area contributed by atoms with Crippen LogP contribution in [0, 0.1) is 0 Å². The summed E-state index contributed by atoms with van der Waals surface area (Å²) in [6, 6.07) is 6.03. The van der Waals surface area contributed by atoms with Gasteiger partial charge >= 0.3 is 0 Å². The minimum atomic E-state index is -3.99. The molecule has 0 aliphatic heterocycles. The minimum absolute atomic E-state index is 0.100. The van der Waals surface area contributed by atoms with Crippen molar-refractivity contribution in [2.45, 2.75) is 115 Å². The highest BCUT2D eigenvalue weighted by molar-refractivity contribution is 7.91. The number of benzene rings is 2. The van der Waals surface area contributed by atoms with Crippen molar-refractivity contribution in [1.29, 1.82) is 0 Å². The lowest BCUT2D eigenvalue weighted by atomic mass is 9.74. The van der Waals surface area contributed by atoms with Crippen molar-refractivity contribution >= 4 is 9.84 Å². The van der Waals surface area contributed by atoms with Crippen LogP contribution in [0.2, 0.25) is 0 Å². The molecule has 0 spiro atoms. The molecule has 0 bridgehead atoms. The highest BCUT2D eigenvalue weighted by Gasteiger charge is 2.39. The fourth-order valence-electron chi connectivity index (χ4n) is 4.72. The molecule has 2 N–H and O–H groups in total. The number of phenols is 2. The van der Waals surface area contributed by atoms with E-state index in [0.717, 1.165) is 0 Å². The third-order valence-electron chi connectivity index (χ3n) is 5.87. The first-order valence-corrected chi connectivity index (χ1v) is 13.0. The molecule has 0 aliphatic carbocycles. The van der Waals surface area contributed by atoms with Gasteiger partial charge in [0.1, 0.15) is 11.5 Å². The van der Waals surface area contributed by atoms with Crippen LogP contribution < -0.4 is 0 Å². The van der Waals surface area contributed by atoms with Gasteiger partial charge in [-0.05, 0) is 57.1 Å². The smallest absolute Gasteiger partial charge is 0.207 e. The molecular weight excluding hydrogens is 432 g/mol. The molecule has 0 heterocycles. The van der Waals surface area contributed by atoms with Crippen LogP contribution in [0.3, 0.4) is 0 Å². The molecule has 33 heavy (non-hydrogen) atoms. The van der Waals surface area contributed by atoms with Crippen molar-refractivity contribution in [2.75, 3.05) is 0 Å². The summed E-state index contributed by atoms with van der Waals surface area (Å²) < 4.78 is 28.8. The van der Waals surface area contributed by atoms with E-state index in [1.54, 1.807) is 0 Å². The van der Waals surface area contributed by atoms with Crippen molar-refractivity contribution in [2.24, 2.45) is 0 Å². The largest absolute Gasteiger partial charge is 0.508 e. The molecule has 0 aliphatic rings. The van der Waals surface area contributed by atoms with E-state index in [4.69, 9.17) is 0 Å². The molecule has 5 heteroatoms. The fraction of sp³-hybridized carbons (Fsp3) is 0.571. The van der Waals surface area contributed by atoms with Crippen molar-refractivity contribution in [3.63, 3.8) is 0 Å². The van der Waals surface area contributed by atoms with E-state index in [9.17, 15) is 18.6 Å². The van der Waals surface area contributed by atoms with Gasteiger partial charge in [0.05, 0.1) is 9.79 Å². The molecule has 0 saturated carbocycles. The lowest BCUT2D eigenvalue weighted by molar-refractivity contribution is 0.430. The lowest BCUT2D eigenvalue weighted by Gasteiger charge is -2.35. The molecule has 0 fully saturated rings. The van der Waals surface area contributed by atoms with E-state index in [-0.39, 0.29) is 21.3 Å². The van der Waals surface area contributed by atoms with Gasteiger partial charge in [-0.15, -0.1) is 0 Å². The second-order valence-electron chi connectivity index (χ2n) is 13.2. The van der Waals surface area contributed by atoms with E-state index in [1.165, 1.54) is 24.3 Å².